The predicted octanol–water partition coefficient (Wildman–Crippen LogP) is 0.923. The maximum absolute atomic E-state index is 13.7. The highest BCUT2D eigenvalue weighted by molar-refractivity contribution is 6.47. The molecule has 1 aromatic heterocycles. The number of nitrogens with two attached hydrogens (primary N) is 1. The molecule has 0 unspecified atom stereocenters. The molecule has 226 valence electrons. The SMILES string of the molecule is CC(C)C[C@H](NC(=O)[C@H](CCCN=C(N)N[N+](=O)[O-])CC(=O)Cn1cnnn1)B1O[C@@H]2C[C@@H]3C[C@@H](C3(C)C)[C@]2(C)O1. The summed E-state index contributed by atoms with van der Waals surface area (Å²) in [4.78, 5) is 41.0. The standard InChI is InChI=1S/C25H42BN9O6/c1-15(2)9-21(26-40-20-12-17-11-19(24(17,3)4)25(20,5)41-26)30-22(37)16(7-6-8-28-23(27)31-35(38)39)10-18(36)13-34-14-29-32-33-34/h14-17,19-21H,6-13H2,1-5H3,(H,30,37)(H3,27,28,31)/t16-,17+,19+,20-,21+,25+/m1/s1. The Hall–Kier alpha value is -3.14. The molecule has 5 rings (SSSR count). The van der Waals surface area contributed by atoms with Gasteiger partial charge in [0.25, 0.3) is 5.96 Å². The number of ketones is 1. The molecule has 3 aliphatic carbocycles. The monoisotopic (exact) mass is 575 g/mol. The first-order valence-electron chi connectivity index (χ1n) is 14.4. The molecule has 1 aliphatic heterocycles. The molecule has 4 fully saturated rings. The van der Waals surface area contributed by atoms with Crippen molar-refractivity contribution in [1.82, 2.24) is 30.9 Å². The summed E-state index contributed by atoms with van der Waals surface area (Å²) in [7, 11) is -0.582. The Bertz CT molecular complexity index is 1130. The van der Waals surface area contributed by atoms with Gasteiger partial charge in [0.05, 0.1) is 17.6 Å². The van der Waals surface area contributed by atoms with Gasteiger partial charge in [-0.25, -0.2) is 19.8 Å². The molecule has 16 heteroatoms. The van der Waals surface area contributed by atoms with Crippen molar-refractivity contribution in [3.05, 3.63) is 16.4 Å². The molecule has 15 nitrogen and oxygen atoms in total. The lowest BCUT2D eigenvalue weighted by Crippen LogP contribution is -2.65. The van der Waals surface area contributed by atoms with Crippen molar-refractivity contribution in [2.45, 2.75) is 97.3 Å². The van der Waals surface area contributed by atoms with E-state index in [2.05, 4.69) is 60.5 Å². The fourth-order valence-electron chi connectivity index (χ4n) is 6.88. The molecule has 0 spiro atoms. The van der Waals surface area contributed by atoms with Gasteiger partial charge >= 0.3 is 7.12 Å². The largest absolute Gasteiger partial charge is 0.481 e. The molecule has 6 atom stereocenters. The number of tetrazole rings is 1. The van der Waals surface area contributed by atoms with Gasteiger partial charge in [-0.2, -0.15) is 0 Å². The number of nitrogens with one attached hydrogen (secondary N) is 2. The van der Waals surface area contributed by atoms with Gasteiger partial charge < -0.3 is 20.4 Å². The highest BCUT2D eigenvalue weighted by Crippen LogP contribution is 2.65. The number of guanidine groups is 1. The number of carbonyl (C=O) groups excluding carboxylic acids is 2. The van der Waals surface area contributed by atoms with E-state index in [9.17, 15) is 19.7 Å². The van der Waals surface area contributed by atoms with Crippen molar-refractivity contribution in [2.24, 2.45) is 39.8 Å². The number of Topliss-reactive ketones (excluding diaryl/α,β-unsaturated/α-hetero) is 1. The van der Waals surface area contributed by atoms with E-state index >= 15 is 0 Å². The van der Waals surface area contributed by atoms with Crippen LogP contribution in [0, 0.1) is 39.2 Å². The lowest BCUT2D eigenvalue weighted by atomic mass is 9.43. The van der Waals surface area contributed by atoms with Crippen LogP contribution in [-0.2, 0) is 25.4 Å². The average Bonchev–Trinajstić information content (AvgIpc) is 3.51. The average molecular weight is 575 g/mol. The van der Waals surface area contributed by atoms with E-state index in [1.54, 1.807) is 5.43 Å². The number of aliphatic imine (C=N–C) groups is 1. The Balaban J connectivity index is 1.43. The maximum Gasteiger partial charge on any atom is 0.481 e. The van der Waals surface area contributed by atoms with Crippen molar-refractivity contribution in [3.63, 3.8) is 0 Å². The molecular formula is C25H42BN9O6. The van der Waals surface area contributed by atoms with Crippen LogP contribution in [-0.4, -0.2) is 74.2 Å². The zero-order chi connectivity index (χ0) is 29.9. The highest BCUT2D eigenvalue weighted by atomic mass is 16.7. The van der Waals surface area contributed by atoms with E-state index in [0.717, 1.165) is 12.8 Å². The van der Waals surface area contributed by atoms with Crippen LogP contribution in [0.1, 0.15) is 73.1 Å². The summed E-state index contributed by atoms with van der Waals surface area (Å²) in [5, 5.41) is 23.7. The van der Waals surface area contributed by atoms with Crippen molar-refractivity contribution in [1.29, 1.82) is 0 Å². The molecular weight excluding hydrogens is 533 g/mol. The second-order valence-corrected chi connectivity index (χ2v) is 12.8. The summed E-state index contributed by atoms with van der Waals surface area (Å²) in [6, 6.07) is 0. The summed E-state index contributed by atoms with van der Waals surface area (Å²) in [6.45, 7) is 11.0. The molecule has 1 aromatic rings. The van der Waals surface area contributed by atoms with E-state index in [1.807, 2.05) is 0 Å². The van der Waals surface area contributed by atoms with Crippen LogP contribution >= 0.6 is 0 Å². The number of nitro groups is 1. The first kappa shape index (κ1) is 30.8. The third-order valence-electron chi connectivity index (χ3n) is 9.12. The minimum absolute atomic E-state index is 0.0133. The van der Waals surface area contributed by atoms with Gasteiger partial charge in [-0.15, -0.1) is 5.10 Å². The van der Waals surface area contributed by atoms with E-state index in [4.69, 9.17) is 15.0 Å². The number of nitrogens with zero attached hydrogens (tertiary/aromatic N) is 6. The molecule has 2 heterocycles. The van der Waals surface area contributed by atoms with E-state index in [0.29, 0.717) is 31.1 Å². The van der Waals surface area contributed by atoms with Gasteiger partial charge in [0.1, 0.15) is 12.9 Å². The van der Waals surface area contributed by atoms with E-state index < -0.39 is 23.7 Å². The van der Waals surface area contributed by atoms with Crippen molar-refractivity contribution >= 4 is 24.8 Å². The number of hydrogen-bond acceptors (Lipinski definition) is 10. The molecule has 4 aliphatic rings. The summed E-state index contributed by atoms with van der Waals surface area (Å²) in [5.41, 5.74) is 7.08. The van der Waals surface area contributed by atoms with Crippen molar-refractivity contribution in [2.75, 3.05) is 6.54 Å². The van der Waals surface area contributed by atoms with Crippen LogP contribution in [0.4, 0.5) is 0 Å². The Kier molecular flexibility index (Phi) is 9.31. The van der Waals surface area contributed by atoms with Crippen molar-refractivity contribution < 1.29 is 23.9 Å². The molecule has 1 amide bonds. The Morgan fingerprint density at radius 1 is 1.32 bits per heavy atom. The van der Waals surface area contributed by atoms with Crippen LogP contribution in [0.15, 0.2) is 11.3 Å². The first-order valence-corrected chi connectivity index (χ1v) is 14.4. The molecule has 0 aromatic carbocycles. The lowest BCUT2D eigenvalue weighted by Gasteiger charge is -2.64. The second-order valence-electron chi connectivity index (χ2n) is 12.8. The third-order valence-corrected chi connectivity index (χ3v) is 9.12. The number of rotatable bonds is 14. The van der Waals surface area contributed by atoms with Gasteiger partial charge in [-0.05, 0) is 72.6 Å². The summed E-state index contributed by atoms with van der Waals surface area (Å²) in [6.07, 6.45) is 4.73. The highest BCUT2D eigenvalue weighted by Gasteiger charge is 2.68. The topological polar surface area (TPSA) is 202 Å². The molecule has 1 saturated heterocycles. The zero-order valence-corrected chi connectivity index (χ0v) is 24.5. The summed E-state index contributed by atoms with van der Waals surface area (Å²) < 4.78 is 14.5. The number of hydrogen-bond donors (Lipinski definition) is 3. The van der Waals surface area contributed by atoms with Crippen LogP contribution in [0.5, 0.6) is 0 Å². The van der Waals surface area contributed by atoms with Crippen molar-refractivity contribution in [3.8, 4) is 0 Å². The van der Waals surface area contributed by atoms with Crippen LogP contribution in [0.3, 0.4) is 0 Å². The fraction of sp³-hybridized carbons (Fsp3) is 0.840. The van der Waals surface area contributed by atoms with Gasteiger partial charge in [0.2, 0.25) is 5.91 Å². The lowest BCUT2D eigenvalue weighted by molar-refractivity contribution is -0.525. The first-order chi connectivity index (χ1) is 19.3. The normalized spacial score (nSPS) is 28.0. The van der Waals surface area contributed by atoms with Gasteiger partial charge in [0.15, 0.2) is 10.8 Å². The quantitative estimate of drug-likeness (QED) is 0.0711. The number of amides is 1. The molecule has 0 radical (unpaired) electrons. The molecule has 41 heavy (non-hydrogen) atoms. The van der Waals surface area contributed by atoms with E-state index in [1.165, 1.54) is 11.0 Å². The summed E-state index contributed by atoms with van der Waals surface area (Å²) >= 11 is 0. The fourth-order valence-corrected chi connectivity index (χ4v) is 6.88. The minimum atomic E-state index is -0.796. The van der Waals surface area contributed by atoms with Gasteiger partial charge in [-0.3, -0.25) is 9.59 Å². The Labute approximate surface area is 240 Å². The summed E-state index contributed by atoms with van der Waals surface area (Å²) in [5.74, 6) is -0.594. The number of carbonyl (C=O) groups is 2. The van der Waals surface area contributed by atoms with Crippen LogP contribution in [0.2, 0.25) is 0 Å². The predicted molar refractivity (Wildman–Crippen MR) is 148 cm³/mol. The molecule has 3 saturated carbocycles. The Morgan fingerprint density at radius 3 is 2.71 bits per heavy atom. The molecule has 4 N–H and O–H groups in total. The zero-order valence-electron chi connectivity index (χ0n) is 24.5. The smallest absolute Gasteiger partial charge is 0.404 e. The molecule has 2 bridgehead atoms. The minimum Gasteiger partial charge on any atom is -0.404 e. The number of aromatic nitrogens is 4. The van der Waals surface area contributed by atoms with Gasteiger partial charge in [0, 0.05) is 18.9 Å². The van der Waals surface area contributed by atoms with E-state index in [-0.39, 0.29) is 60.5 Å². The maximum atomic E-state index is 13.7. The third kappa shape index (κ3) is 7.03. The van der Waals surface area contributed by atoms with Crippen LogP contribution in [0.25, 0.3) is 0 Å². The van der Waals surface area contributed by atoms with Crippen LogP contribution < -0.4 is 16.5 Å². The second kappa shape index (κ2) is 12.4. The number of hydrazine groups is 1. The Morgan fingerprint density at radius 2 is 2.07 bits per heavy atom. The van der Waals surface area contributed by atoms with Gasteiger partial charge in [-0.1, -0.05) is 33.1 Å².